The fraction of sp³-hybridized carbons (Fsp3) is 0.0870. The summed E-state index contributed by atoms with van der Waals surface area (Å²) in [6, 6.07) is 15.7. The topological polar surface area (TPSA) is 59.8 Å². The highest BCUT2D eigenvalue weighted by atomic mass is 35.5. The third-order valence-electron chi connectivity index (χ3n) is 4.77. The van der Waals surface area contributed by atoms with Gasteiger partial charge in [-0.15, -0.1) is 5.10 Å². The molecule has 4 aromatic rings. The number of halogens is 6. The lowest BCUT2D eigenvalue weighted by molar-refractivity contribution is -0.137. The summed E-state index contributed by atoms with van der Waals surface area (Å²) in [5.74, 6) is 0.138. The van der Waals surface area contributed by atoms with E-state index in [9.17, 15) is 18.0 Å². The number of alkyl halides is 3. The van der Waals surface area contributed by atoms with Gasteiger partial charge in [0.1, 0.15) is 0 Å². The maximum atomic E-state index is 12.7. The standard InChI is InChI=1S/C23H14Cl3F3N4O/c24-16-7-3-13(4-8-16)21-31-20(32-33(21)19-10-9-17(25)11-18(19)26)12-30-22(34)14-1-5-15(6-2-14)23(27,28)29/h1-11H,12H2,(H,30,34). The first-order chi connectivity index (χ1) is 16.1. The van der Waals surface area contributed by atoms with Crippen molar-refractivity contribution in [3.63, 3.8) is 0 Å². The van der Waals surface area contributed by atoms with Crippen LogP contribution in [0.3, 0.4) is 0 Å². The third kappa shape index (κ3) is 5.35. The third-order valence-corrected chi connectivity index (χ3v) is 5.56. The minimum absolute atomic E-state index is 0.0708. The first-order valence-electron chi connectivity index (χ1n) is 9.74. The van der Waals surface area contributed by atoms with Crippen molar-refractivity contribution in [3.8, 4) is 17.1 Å². The van der Waals surface area contributed by atoms with Crippen molar-refractivity contribution in [1.82, 2.24) is 20.1 Å². The molecule has 0 spiro atoms. The predicted molar refractivity (Wildman–Crippen MR) is 124 cm³/mol. The maximum Gasteiger partial charge on any atom is 0.416 e. The Morgan fingerprint density at radius 2 is 1.56 bits per heavy atom. The first-order valence-corrected chi connectivity index (χ1v) is 10.9. The van der Waals surface area contributed by atoms with E-state index in [1.165, 1.54) is 4.68 Å². The number of amides is 1. The van der Waals surface area contributed by atoms with Gasteiger partial charge in [-0.2, -0.15) is 13.2 Å². The van der Waals surface area contributed by atoms with Crippen LogP contribution in [-0.2, 0) is 12.7 Å². The number of hydrogen-bond acceptors (Lipinski definition) is 3. The van der Waals surface area contributed by atoms with Crippen molar-refractivity contribution in [2.45, 2.75) is 12.7 Å². The molecule has 0 radical (unpaired) electrons. The zero-order chi connectivity index (χ0) is 24.5. The Morgan fingerprint density at radius 1 is 0.912 bits per heavy atom. The van der Waals surface area contributed by atoms with Crippen molar-refractivity contribution < 1.29 is 18.0 Å². The van der Waals surface area contributed by atoms with E-state index in [2.05, 4.69) is 15.4 Å². The van der Waals surface area contributed by atoms with Gasteiger partial charge in [0, 0.05) is 21.2 Å². The van der Waals surface area contributed by atoms with Gasteiger partial charge in [0.15, 0.2) is 11.6 Å². The molecule has 1 N–H and O–H groups in total. The molecule has 0 aliphatic heterocycles. The molecule has 0 atom stereocenters. The summed E-state index contributed by atoms with van der Waals surface area (Å²) < 4.78 is 39.7. The van der Waals surface area contributed by atoms with Gasteiger partial charge >= 0.3 is 6.18 Å². The Labute approximate surface area is 207 Å². The van der Waals surface area contributed by atoms with E-state index in [4.69, 9.17) is 34.8 Å². The number of hydrogen-bond donors (Lipinski definition) is 1. The number of carbonyl (C=O) groups excluding carboxylic acids is 1. The van der Waals surface area contributed by atoms with E-state index >= 15 is 0 Å². The van der Waals surface area contributed by atoms with Gasteiger partial charge in [0.05, 0.1) is 22.8 Å². The van der Waals surface area contributed by atoms with Crippen LogP contribution in [0.4, 0.5) is 13.2 Å². The molecule has 3 aromatic carbocycles. The number of nitrogens with one attached hydrogen (secondary N) is 1. The lowest BCUT2D eigenvalue weighted by atomic mass is 10.1. The van der Waals surface area contributed by atoms with Crippen LogP contribution in [0.2, 0.25) is 15.1 Å². The van der Waals surface area contributed by atoms with Crippen LogP contribution in [0.1, 0.15) is 21.7 Å². The summed E-state index contributed by atoms with van der Waals surface area (Å²) in [5, 5.41) is 8.41. The van der Waals surface area contributed by atoms with Gasteiger partial charge in [-0.3, -0.25) is 4.79 Å². The fourth-order valence-corrected chi connectivity index (χ4v) is 3.72. The number of nitrogens with zero attached hydrogens (tertiary/aromatic N) is 3. The summed E-state index contributed by atoms with van der Waals surface area (Å²) in [4.78, 5) is 17.0. The Kier molecular flexibility index (Phi) is 6.84. The van der Waals surface area contributed by atoms with E-state index in [1.54, 1.807) is 42.5 Å². The second-order valence-corrected chi connectivity index (χ2v) is 8.40. The summed E-state index contributed by atoms with van der Waals surface area (Å²) in [6.07, 6.45) is -4.48. The van der Waals surface area contributed by atoms with Crippen LogP contribution in [0.15, 0.2) is 66.7 Å². The summed E-state index contributed by atoms with van der Waals surface area (Å²) in [7, 11) is 0. The number of benzene rings is 3. The monoisotopic (exact) mass is 524 g/mol. The molecule has 0 bridgehead atoms. The highest BCUT2D eigenvalue weighted by molar-refractivity contribution is 6.35. The van der Waals surface area contributed by atoms with E-state index in [1.807, 2.05) is 0 Å². The minimum Gasteiger partial charge on any atom is -0.345 e. The average molecular weight is 526 g/mol. The molecule has 34 heavy (non-hydrogen) atoms. The van der Waals surface area contributed by atoms with Gasteiger partial charge in [-0.05, 0) is 66.7 Å². The Bertz CT molecular complexity index is 1340. The zero-order valence-electron chi connectivity index (χ0n) is 17.1. The molecule has 0 aliphatic rings. The van der Waals surface area contributed by atoms with Crippen molar-refractivity contribution in [1.29, 1.82) is 0 Å². The quantitative estimate of drug-likeness (QED) is 0.310. The molecule has 0 fully saturated rings. The van der Waals surface area contributed by atoms with E-state index in [0.717, 1.165) is 24.3 Å². The highest BCUT2D eigenvalue weighted by Crippen LogP contribution is 2.30. The van der Waals surface area contributed by atoms with Crippen LogP contribution in [0, 0.1) is 0 Å². The Balaban J connectivity index is 1.61. The lowest BCUT2D eigenvalue weighted by Gasteiger charge is -2.08. The van der Waals surface area contributed by atoms with Crippen LogP contribution in [0.5, 0.6) is 0 Å². The molecule has 4 rings (SSSR count). The van der Waals surface area contributed by atoms with Gasteiger partial charge in [0.25, 0.3) is 5.91 Å². The van der Waals surface area contributed by atoms with Gasteiger partial charge in [0.2, 0.25) is 0 Å². The van der Waals surface area contributed by atoms with E-state index in [0.29, 0.717) is 32.1 Å². The van der Waals surface area contributed by atoms with Crippen LogP contribution >= 0.6 is 34.8 Å². The maximum absolute atomic E-state index is 12.7. The molecule has 5 nitrogen and oxygen atoms in total. The second kappa shape index (κ2) is 9.66. The van der Waals surface area contributed by atoms with Crippen molar-refractivity contribution >= 4 is 40.7 Å². The number of carbonyl (C=O) groups is 1. The average Bonchev–Trinajstić information content (AvgIpc) is 3.21. The van der Waals surface area contributed by atoms with Crippen LogP contribution in [-0.4, -0.2) is 20.7 Å². The van der Waals surface area contributed by atoms with Gasteiger partial charge in [-0.25, -0.2) is 9.67 Å². The van der Waals surface area contributed by atoms with E-state index in [-0.39, 0.29) is 17.9 Å². The first kappa shape index (κ1) is 24.1. The molecular formula is C23H14Cl3F3N4O. The Hall–Kier alpha value is -3.07. The normalized spacial score (nSPS) is 11.5. The fourth-order valence-electron chi connectivity index (χ4n) is 3.11. The van der Waals surface area contributed by atoms with Crippen LogP contribution < -0.4 is 5.32 Å². The number of aromatic nitrogens is 3. The molecular weight excluding hydrogens is 512 g/mol. The second-order valence-electron chi connectivity index (χ2n) is 7.12. The lowest BCUT2D eigenvalue weighted by Crippen LogP contribution is -2.23. The molecule has 0 saturated carbocycles. The van der Waals surface area contributed by atoms with E-state index < -0.39 is 17.6 Å². The molecule has 1 aromatic heterocycles. The smallest absolute Gasteiger partial charge is 0.345 e. The van der Waals surface area contributed by atoms with Crippen molar-refractivity contribution in [3.05, 3.63) is 98.7 Å². The van der Waals surface area contributed by atoms with Gasteiger partial charge < -0.3 is 5.32 Å². The molecule has 174 valence electrons. The van der Waals surface area contributed by atoms with Gasteiger partial charge in [-0.1, -0.05) is 34.8 Å². The van der Waals surface area contributed by atoms with Crippen LogP contribution in [0.25, 0.3) is 17.1 Å². The van der Waals surface area contributed by atoms with Crippen molar-refractivity contribution in [2.24, 2.45) is 0 Å². The molecule has 0 unspecified atom stereocenters. The molecule has 1 heterocycles. The summed E-state index contributed by atoms with van der Waals surface area (Å²) in [5.41, 5.74) is 0.454. The largest absolute Gasteiger partial charge is 0.416 e. The molecule has 11 heteroatoms. The van der Waals surface area contributed by atoms with Crippen molar-refractivity contribution in [2.75, 3.05) is 0 Å². The molecule has 1 amide bonds. The zero-order valence-corrected chi connectivity index (χ0v) is 19.3. The SMILES string of the molecule is O=C(NCc1nc(-c2ccc(Cl)cc2)n(-c2ccc(Cl)cc2Cl)n1)c1ccc(C(F)(F)F)cc1. The molecule has 0 aliphatic carbocycles. The number of rotatable bonds is 5. The predicted octanol–water partition coefficient (Wildman–Crippen LogP) is 6.84. The highest BCUT2D eigenvalue weighted by Gasteiger charge is 2.30. The Morgan fingerprint density at radius 3 is 2.18 bits per heavy atom. The molecule has 0 saturated heterocycles. The summed E-state index contributed by atoms with van der Waals surface area (Å²) in [6.45, 7) is -0.0708. The minimum atomic E-state index is -4.48. The summed E-state index contributed by atoms with van der Waals surface area (Å²) >= 11 is 18.4.